The minimum Gasteiger partial charge on any atom is -0.506 e. The molecule has 5 heteroatoms. The molecule has 0 aliphatic heterocycles. The van der Waals surface area contributed by atoms with Crippen LogP contribution in [0.1, 0.15) is 11.1 Å². The fourth-order valence-electron chi connectivity index (χ4n) is 2.49. The van der Waals surface area contributed by atoms with Crippen molar-refractivity contribution in [3.05, 3.63) is 86.9 Å². The number of benzene rings is 3. The van der Waals surface area contributed by atoms with E-state index in [1.165, 1.54) is 6.07 Å². The van der Waals surface area contributed by atoms with Crippen LogP contribution in [-0.4, -0.2) is 5.11 Å². The van der Waals surface area contributed by atoms with Crippen LogP contribution in [0, 0.1) is 0 Å². The number of phenolic OH excluding ortho intramolecular Hbond substituents is 1. The van der Waals surface area contributed by atoms with Crippen LogP contribution in [-0.2, 0) is 12.8 Å². The van der Waals surface area contributed by atoms with E-state index in [4.69, 9.17) is 39.5 Å². The first-order chi connectivity index (χ1) is 12.0. The maximum Gasteiger partial charge on any atom is 0.137 e. The quantitative estimate of drug-likeness (QED) is 0.509. The molecular formula is C20H15Cl3O2. The van der Waals surface area contributed by atoms with Gasteiger partial charge < -0.3 is 9.84 Å². The Morgan fingerprint density at radius 3 is 2.28 bits per heavy atom. The van der Waals surface area contributed by atoms with Crippen LogP contribution in [0.25, 0.3) is 0 Å². The van der Waals surface area contributed by atoms with Crippen molar-refractivity contribution in [2.45, 2.75) is 12.8 Å². The SMILES string of the molecule is Oc1c(Cl)cc(Cl)cc1CCc1cccc(Oc2ccc(Cl)cc2)c1. The molecule has 0 bridgehead atoms. The molecule has 0 unspecified atom stereocenters. The third-order valence-electron chi connectivity index (χ3n) is 3.74. The van der Waals surface area contributed by atoms with Crippen molar-refractivity contribution in [2.75, 3.05) is 0 Å². The van der Waals surface area contributed by atoms with Crippen LogP contribution < -0.4 is 4.74 Å². The molecule has 1 N–H and O–H groups in total. The first kappa shape index (κ1) is 17.9. The second kappa shape index (κ2) is 8.01. The summed E-state index contributed by atoms with van der Waals surface area (Å²) < 4.78 is 5.84. The van der Waals surface area contributed by atoms with Crippen LogP contribution in [0.2, 0.25) is 15.1 Å². The summed E-state index contributed by atoms with van der Waals surface area (Å²) in [5.41, 5.74) is 1.81. The summed E-state index contributed by atoms with van der Waals surface area (Å²) in [7, 11) is 0. The molecule has 0 saturated carbocycles. The van der Waals surface area contributed by atoms with Crippen LogP contribution in [0.15, 0.2) is 60.7 Å². The number of aryl methyl sites for hydroxylation is 2. The molecule has 0 atom stereocenters. The minimum absolute atomic E-state index is 0.0830. The number of aromatic hydroxyl groups is 1. The summed E-state index contributed by atoms with van der Waals surface area (Å²) in [6.07, 6.45) is 1.35. The molecule has 2 nitrogen and oxygen atoms in total. The average Bonchev–Trinajstić information content (AvgIpc) is 2.59. The van der Waals surface area contributed by atoms with Gasteiger partial charge >= 0.3 is 0 Å². The maximum absolute atomic E-state index is 10.0. The van der Waals surface area contributed by atoms with E-state index >= 15 is 0 Å². The van der Waals surface area contributed by atoms with Crippen molar-refractivity contribution in [1.29, 1.82) is 0 Å². The summed E-state index contributed by atoms with van der Waals surface area (Å²) in [4.78, 5) is 0. The van der Waals surface area contributed by atoms with Crippen LogP contribution in [0.5, 0.6) is 17.2 Å². The number of hydrogen-bond donors (Lipinski definition) is 1. The van der Waals surface area contributed by atoms with Gasteiger partial charge in [0.2, 0.25) is 0 Å². The Kier molecular flexibility index (Phi) is 5.74. The Balaban J connectivity index is 1.71. The third kappa shape index (κ3) is 4.82. The van der Waals surface area contributed by atoms with Gasteiger partial charge in [0.05, 0.1) is 5.02 Å². The highest BCUT2D eigenvalue weighted by Gasteiger charge is 2.08. The summed E-state index contributed by atoms with van der Waals surface area (Å²) in [6, 6.07) is 18.3. The lowest BCUT2D eigenvalue weighted by atomic mass is 10.0. The normalized spacial score (nSPS) is 10.7. The Morgan fingerprint density at radius 2 is 1.52 bits per heavy atom. The Bertz CT molecular complexity index is 877. The van der Waals surface area contributed by atoms with Gasteiger partial charge in [-0.05, 0) is 72.5 Å². The van der Waals surface area contributed by atoms with Crippen molar-refractivity contribution in [3.63, 3.8) is 0 Å². The molecule has 0 aromatic heterocycles. The van der Waals surface area contributed by atoms with Crippen molar-refractivity contribution in [3.8, 4) is 17.2 Å². The average molecular weight is 394 g/mol. The lowest BCUT2D eigenvalue weighted by molar-refractivity contribution is 0.468. The molecule has 3 aromatic rings. The molecule has 25 heavy (non-hydrogen) atoms. The topological polar surface area (TPSA) is 29.5 Å². The van der Waals surface area contributed by atoms with Crippen LogP contribution >= 0.6 is 34.8 Å². The number of rotatable bonds is 5. The third-order valence-corrected chi connectivity index (χ3v) is 4.50. The first-order valence-corrected chi connectivity index (χ1v) is 8.84. The molecule has 128 valence electrons. The molecule has 3 aromatic carbocycles. The highest BCUT2D eigenvalue weighted by atomic mass is 35.5. The molecule has 0 fully saturated rings. The van der Waals surface area contributed by atoms with E-state index in [2.05, 4.69) is 0 Å². The van der Waals surface area contributed by atoms with Gasteiger partial charge in [-0.1, -0.05) is 46.9 Å². The number of ether oxygens (including phenoxy) is 1. The fourth-order valence-corrected chi connectivity index (χ4v) is 3.15. The molecular weight excluding hydrogens is 379 g/mol. The van der Waals surface area contributed by atoms with Crippen molar-refractivity contribution >= 4 is 34.8 Å². The van der Waals surface area contributed by atoms with Gasteiger partial charge in [0, 0.05) is 10.0 Å². The van der Waals surface area contributed by atoms with E-state index < -0.39 is 0 Å². The molecule has 3 rings (SSSR count). The Hall–Kier alpha value is -1.87. The summed E-state index contributed by atoms with van der Waals surface area (Å²) in [6.45, 7) is 0. The van der Waals surface area contributed by atoms with Crippen molar-refractivity contribution in [1.82, 2.24) is 0 Å². The summed E-state index contributed by atoms with van der Waals surface area (Å²) >= 11 is 17.8. The highest BCUT2D eigenvalue weighted by molar-refractivity contribution is 6.35. The first-order valence-electron chi connectivity index (χ1n) is 7.70. The van der Waals surface area contributed by atoms with E-state index in [-0.39, 0.29) is 10.8 Å². The van der Waals surface area contributed by atoms with Gasteiger partial charge in [-0.15, -0.1) is 0 Å². The van der Waals surface area contributed by atoms with Gasteiger partial charge in [0.15, 0.2) is 0 Å². The predicted molar refractivity (Wildman–Crippen MR) is 104 cm³/mol. The number of hydrogen-bond acceptors (Lipinski definition) is 2. The summed E-state index contributed by atoms with van der Waals surface area (Å²) in [5.74, 6) is 1.55. The van der Waals surface area contributed by atoms with Gasteiger partial charge in [0.25, 0.3) is 0 Å². The van der Waals surface area contributed by atoms with Gasteiger partial charge in [-0.25, -0.2) is 0 Å². The van der Waals surface area contributed by atoms with Gasteiger partial charge in [0.1, 0.15) is 17.2 Å². The van der Waals surface area contributed by atoms with E-state index in [0.29, 0.717) is 16.5 Å². The van der Waals surface area contributed by atoms with Crippen LogP contribution in [0.4, 0.5) is 0 Å². The van der Waals surface area contributed by atoms with E-state index in [1.807, 2.05) is 36.4 Å². The molecule has 0 spiro atoms. The molecule has 0 amide bonds. The lowest BCUT2D eigenvalue weighted by Crippen LogP contribution is -1.93. The zero-order valence-corrected chi connectivity index (χ0v) is 15.4. The molecule has 0 radical (unpaired) electrons. The largest absolute Gasteiger partial charge is 0.506 e. The number of phenols is 1. The molecule has 0 saturated heterocycles. The second-order valence-electron chi connectivity index (χ2n) is 5.60. The van der Waals surface area contributed by atoms with E-state index in [1.54, 1.807) is 18.2 Å². The number of halogens is 3. The second-order valence-corrected chi connectivity index (χ2v) is 6.88. The molecule has 0 aliphatic carbocycles. The zero-order chi connectivity index (χ0) is 17.8. The fraction of sp³-hybridized carbons (Fsp3) is 0.100. The smallest absolute Gasteiger partial charge is 0.137 e. The Morgan fingerprint density at radius 1 is 0.760 bits per heavy atom. The van der Waals surface area contributed by atoms with Gasteiger partial charge in [-0.2, -0.15) is 0 Å². The van der Waals surface area contributed by atoms with Crippen LogP contribution in [0.3, 0.4) is 0 Å². The zero-order valence-electron chi connectivity index (χ0n) is 13.2. The van der Waals surface area contributed by atoms with Crippen molar-refractivity contribution in [2.24, 2.45) is 0 Å². The highest BCUT2D eigenvalue weighted by Crippen LogP contribution is 2.32. The van der Waals surface area contributed by atoms with Crippen molar-refractivity contribution < 1.29 is 9.84 Å². The summed E-state index contributed by atoms with van der Waals surface area (Å²) in [5, 5.41) is 11.5. The van der Waals surface area contributed by atoms with E-state index in [9.17, 15) is 5.11 Å². The molecule has 0 heterocycles. The lowest BCUT2D eigenvalue weighted by Gasteiger charge is -2.09. The minimum atomic E-state index is 0.0830. The predicted octanol–water partition coefficient (Wildman–Crippen LogP) is 6.93. The maximum atomic E-state index is 10.0. The van der Waals surface area contributed by atoms with Gasteiger partial charge in [-0.3, -0.25) is 0 Å². The Labute approximate surface area is 161 Å². The monoisotopic (exact) mass is 392 g/mol. The van der Waals surface area contributed by atoms with E-state index in [0.717, 1.165) is 29.0 Å². The standard InChI is InChI=1S/C20H15Cl3O2/c21-15-6-8-17(9-7-15)25-18-3-1-2-13(10-18)4-5-14-11-16(22)12-19(23)20(14)24/h1-3,6-12,24H,4-5H2. The molecule has 0 aliphatic rings.